The summed E-state index contributed by atoms with van der Waals surface area (Å²) >= 11 is 0. The monoisotopic (exact) mass is 405 g/mol. The number of rotatable bonds is 8. The van der Waals surface area contributed by atoms with E-state index in [-0.39, 0.29) is 23.9 Å². The summed E-state index contributed by atoms with van der Waals surface area (Å²) in [4.78, 5) is 16.7. The molecule has 1 saturated heterocycles. The summed E-state index contributed by atoms with van der Waals surface area (Å²) in [7, 11) is 1.65. The smallest absolute Gasteiger partial charge is 0.387 e. The third-order valence-electron chi connectivity index (χ3n) is 4.77. The fraction of sp³-hybridized carbons (Fsp3) is 0.381. The standard InChI is InChI=1S/C21H25F2N3O3/c1-28-17-8-6-16(7-9-17)14-25-10-12-26(13-11-25)15-20(27)24-18-4-2-3-5-19(18)29-21(22)23/h2-9,21H,10-15H2,1H3,(H,24,27). The van der Waals surface area contributed by atoms with Gasteiger partial charge in [-0.1, -0.05) is 24.3 Å². The predicted octanol–water partition coefficient (Wildman–Crippen LogP) is 3.05. The fourth-order valence-electron chi connectivity index (χ4n) is 3.26. The van der Waals surface area contributed by atoms with Gasteiger partial charge >= 0.3 is 6.61 Å². The zero-order chi connectivity index (χ0) is 20.6. The Morgan fingerprint density at radius 2 is 1.69 bits per heavy atom. The quantitative estimate of drug-likeness (QED) is 0.732. The first-order valence-electron chi connectivity index (χ1n) is 9.45. The molecule has 1 N–H and O–H groups in total. The molecular weight excluding hydrogens is 380 g/mol. The molecule has 156 valence electrons. The van der Waals surface area contributed by atoms with Crippen molar-refractivity contribution in [3.05, 3.63) is 54.1 Å². The van der Waals surface area contributed by atoms with Crippen LogP contribution in [0.5, 0.6) is 11.5 Å². The highest BCUT2D eigenvalue weighted by Crippen LogP contribution is 2.25. The van der Waals surface area contributed by atoms with Crippen molar-refractivity contribution in [1.29, 1.82) is 0 Å². The van der Waals surface area contributed by atoms with Crippen LogP contribution in [0.25, 0.3) is 0 Å². The molecule has 0 aliphatic carbocycles. The molecule has 1 amide bonds. The lowest BCUT2D eigenvalue weighted by atomic mass is 10.2. The largest absolute Gasteiger partial charge is 0.497 e. The average molecular weight is 405 g/mol. The van der Waals surface area contributed by atoms with Crippen molar-refractivity contribution in [2.45, 2.75) is 13.2 Å². The highest BCUT2D eigenvalue weighted by Gasteiger charge is 2.20. The number of piperazine rings is 1. The minimum Gasteiger partial charge on any atom is -0.497 e. The Labute approximate surface area is 169 Å². The topological polar surface area (TPSA) is 54.0 Å². The lowest BCUT2D eigenvalue weighted by Gasteiger charge is -2.34. The van der Waals surface area contributed by atoms with Crippen LogP contribution >= 0.6 is 0 Å². The number of benzene rings is 2. The first-order valence-corrected chi connectivity index (χ1v) is 9.45. The van der Waals surface area contributed by atoms with Gasteiger partial charge in [0.25, 0.3) is 0 Å². The molecule has 29 heavy (non-hydrogen) atoms. The minimum absolute atomic E-state index is 0.0415. The number of nitrogens with one attached hydrogen (secondary N) is 1. The summed E-state index contributed by atoms with van der Waals surface area (Å²) in [5, 5.41) is 2.66. The van der Waals surface area contributed by atoms with Crippen molar-refractivity contribution in [3.63, 3.8) is 0 Å². The molecule has 8 heteroatoms. The number of amides is 1. The van der Waals surface area contributed by atoms with Gasteiger partial charge in [0.15, 0.2) is 0 Å². The van der Waals surface area contributed by atoms with E-state index in [0.29, 0.717) is 0 Å². The summed E-state index contributed by atoms with van der Waals surface area (Å²) in [5.41, 5.74) is 1.46. The number of carbonyl (C=O) groups excluding carboxylic acids is 1. The number of para-hydroxylation sites is 2. The first-order chi connectivity index (χ1) is 14.0. The summed E-state index contributed by atoms with van der Waals surface area (Å²) in [5.74, 6) is 0.546. The summed E-state index contributed by atoms with van der Waals surface area (Å²) in [6, 6.07) is 14.2. The van der Waals surface area contributed by atoms with Crippen LogP contribution in [0.15, 0.2) is 48.5 Å². The van der Waals surface area contributed by atoms with Gasteiger partial charge in [0.1, 0.15) is 11.5 Å². The maximum atomic E-state index is 12.5. The van der Waals surface area contributed by atoms with Gasteiger partial charge in [-0.25, -0.2) is 0 Å². The number of nitrogens with zero attached hydrogens (tertiary/aromatic N) is 2. The number of hydrogen-bond acceptors (Lipinski definition) is 5. The van der Waals surface area contributed by atoms with Gasteiger partial charge in [0.05, 0.1) is 19.3 Å². The Balaban J connectivity index is 1.45. The van der Waals surface area contributed by atoms with Crippen LogP contribution in [0.2, 0.25) is 0 Å². The molecule has 1 aliphatic rings. The number of carbonyl (C=O) groups is 1. The van der Waals surface area contributed by atoms with Crippen LogP contribution in [-0.4, -0.2) is 62.2 Å². The second-order valence-electron chi connectivity index (χ2n) is 6.82. The lowest BCUT2D eigenvalue weighted by molar-refractivity contribution is -0.117. The predicted molar refractivity (Wildman–Crippen MR) is 106 cm³/mol. The molecule has 2 aromatic rings. The third-order valence-corrected chi connectivity index (χ3v) is 4.77. The van der Waals surface area contributed by atoms with E-state index < -0.39 is 6.61 Å². The molecule has 0 bridgehead atoms. The lowest BCUT2D eigenvalue weighted by Crippen LogP contribution is -2.48. The van der Waals surface area contributed by atoms with Crippen molar-refractivity contribution in [2.24, 2.45) is 0 Å². The molecule has 3 rings (SSSR count). The molecule has 1 fully saturated rings. The van der Waals surface area contributed by atoms with E-state index in [1.165, 1.54) is 11.6 Å². The average Bonchev–Trinajstić information content (AvgIpc) is 2.71. The van der Waals surface area contributed by atoms with Crippen LogP contribution in [0, 0.1) is 0 Å². The van der Waals surface area contributed by atoms with Crippen molar-refractivity contribution in [2.75, 3.05) is 45.2 Å². The van der Waals surface area contributed by atoms with E-state index >= 15 is 0 Å². The number of halogens is 2. The number of hydrogen-bond donors (Lipinski definition) is 1. The fourth-order valence-corrected chi connectivity index (χ4v) is 3.26. The van der Waals surface area contributed by atoms with Gasteiger partial charge in [0, 0.05) is 32.7 Å². The van der Waals surface area contributed by atoms with E-state index in [2.05, 4.69) is 32.0 Å². The van der Waals surface area contributed by atoms with Crippen LogP contribution in [0.3, 0.4) is 0 Å². The number of methoxy groups -OCH3 is 1. The second kappa shape index (κ2) is 10.2. The Hall–Kier alpha value is -2.71. The second-order valence-corrected chi connectivity index (χ2v) is 6.82. The maximum Gasteiger partial charge on any atom is 0.387 e. The number of ether oxygens (including phenoxy) is 2. The Kier molecular flexibility index (Phi) is 7.37. The zero-order valence-electron chi connectivity index (χ0n) is 16.3. The van der Waals surface area contributed by atoms with Crippen LogP contribution < -0.4 is 14.8 Å². The highest BCUT2D eigenvalue weighted by atomic mass is 19.3. The van der Waals surface area contributed by atoms with Crippen LogP contribution in [0.1, 0.15) is 5.56 Å². The molecule has 0 radical (unpaired) electrons. The van der Waals surface area contributed by atoms with E-state index in [1.807, 2.05) is 12.1 Å². The zero-order valence-corrected chi connectivity index (χ0v) is 16.3. The third kappa shape index (κ3) is 6.40. The molecule has 1 aliphatic heterocycles. The summed E-state index contributed by atoms with van der Waals surface area (Å²) in [6.07, 6.45) is 0. The summed E-state index contributed by atoms with van der Waals surface area (Å²) in [6.45, 7) is 1.35. The van der Waals surface area contributed by atoms with Crippen LogP contribution in [-0.2, 0) is 11.3 Å². The van der Waals surface area contributed by atoms with Crippen molar-refractivity contribution in [3.8, 4) is 11.5 Å². The molecular formula is C21H25F2N3O3. The van der Waals surface area contributed by atoms with Gasteiger partial charge in [-0.3, -0.25) is 14.6 Å². The van der Waals surface area contributed by atoms with Crippen molar-refractivity contribution in [1.82, 2.24) is 9.80 Å². The van der Waals surface area contributed by atoms with Gasteiger partial charge in [-0.15, -0.1) is 0 Å². The SMILES string of the molecule is COc1ccc(CN2CCN(CC(=O)Nc3ccccc3OC(F)F)CC2)cc1. The molecule has 0 spiro atoms. The van der Waals surface area contributed by atoms with E-state index in [4.69, 9.17) is 4.74 Å². The Bertz CT molecular complexity index is 794. The Morgan fingerprint density at radius 1 is 1.03 bits per heavy atom. The van der Waals surface area contributed by atoms with E-state index in [0.717, 1.165) is 38.5 Å². The molecule has 0 saturated carbocycles. The Morgan fingerprint density at radius 3 is 2.34 bits per heavy atom. The van der Waals surface area contributed by atoms with E-state index in [9.17, 15) is 13.6 Å². The van der Waals surface area contributed by atoms with Gasteiger partial charge in [0.2, 0.25) is 5.91 Å². The summed E-state index contributed by atoms with van der Waals surface area (Å²) < 4.78 is 34.6. The molecule has 6 nitrogen and oxygen atoms in total. The van der Waals surface area contributed by atoms with Crippen molar-refractivity contribution < 1.29 is 23.0 Å². The van der Waals surface area contributed by atoms with E-state index in [1.54, 1.807) is 25.3 Å². The first kappa shape index (κ1) is 21.0. The molecule has 1 heterocycles. The maximum absolute atomic E-state index is 12.5. The molecule has 0 unspecified atom stereocenters. The van der Waals surface area contributed by atoms with Gasteiger partial charge in [-0.2, -0.15) is 8.78 Å². The highest BCUT2D eigenvalue weighted by molar-refractivity contribution is 5.93. The van der Waals surface area contributed by atoms with Gasteiger partial charge in [-0.05, 0) is 29.8 Å². The minimum atomic E-state index is -2.94. The number of anilines is 1. The normalized spacial score (nSPS) is 15.3. The molecule has 0 atom stereocenters. The van der Waals surface area contributed by atoms with Crippen LogP contribution in [0.4, 0.5) is 14.5 Å². The van der Waals surface area contributed by atoms with Gasteiger partial charge < -0.3 is 14.8 Å². The van der Waals surface area contributed by atoms with Crippen molar-refractivity contribution >= 4 is 11.6 Å². The number of alkyl halides is 2. The molecule has 2 aromatic carbocycles. The molecule has 0 aromatic heterocycles.